The summed E-state index contributed by atoms with van der Waals surface area (Å²) in [7, 11) is 1.60. The molecular weight excluding hydrogens is 234 g/mol. The molecule has 1 unspecified atom stereocenters. The van der Waals surface area contributed by atoms with E-state index in [4.69, 9.17) is 4.74 Å². The van der Waals surface area contributed by atoms with Gasteiger partial charge in [-0.05, 0) is 18.8 Å². The molecule has 0 bridgehead atoms. The molecule has 5 nitrogen and oxygen atoms in total. The zero-order chi connectivity index (χ0) is 14.2. The van der Waals surface area contributed by atoms with Gasteiger partial charge in [0.1, 0.15) is 0 Å². The first-order valence-electron chi connectivity index (χ1n) is 6.40. The second kappa shape index (κ2) is 8.08. The van der Waals surface area contributed by atoms with Crippen LogP contribution in [-0.2, 0) is 14.3 Å². The second-order valence-electron chi connectivity index (χ2n) is 4.83. The number of carbonyl (C=O) groups excluding carboxylic acids is 1. The molecular formula is C13H25NO4. The van der Waals surface area contributed by atoms with Crippen molar-refractivity contribution in [1.82, 2.24) is 5.32 Å². The van der Waals surface area contributed by atoms with Crippen LogP contribution in [-0.4, -0.2) is 37.2 Å². The van der Waals surface area contributed by atoms with Crippen molar-refractivity contribution in [3.63, 3.8) is 0 Å². The highest BCUT2D eigenvalue weighted by atomic mass is 16.5. The Labute approximate surface area is 109 Å². The number of nitrogens with one attached hydrogen (secondary N) is 1. The summed E-state index contributed by atoms with van der Waals surface area (Å²) in [5.41, 5.74) is -0.847. The van der Waals surface area contributed by atoms with Gasteiger partial charge in [0.2, 0.25) is 5.91 Å². The van der Waals surface area contributed by atoms with Gasteiger partial charge in [0, 0.05) is 26.7 Å². The maximum atomic E-state index is 11.7. The van der Waals surface area contributed by atoms with E-state index < -0.39 is 11.4 Å². The molecule has 0 radical (unpaired) electrons. The van der Waals surface area contributed by atoms with Crippen molar-refractivity contribution in [3.05, 3.63) is 0 Å². The average Bonchev–Trinajstić information content (AvgIpc) is 2.30. The molecule has 0 aromatic heterocycles. The molecule has 2 N–H and O–H groups in total. The van der Waals surface area contributed by atoms with Crippen LogP contribution in [0.1, 0.15) is 40.0 Å². The van der Waals surface area contributed by atoms with Crippen LogP contribution in [0.2, 0.25) is 0 Å². The van der Waals surface area contributed by atoms with Crippen molar-refractivity contribution in [2.24, 2.45) is 11.3 Å². The fourth-order valence-electron chi connectivity index (χ4n) is 1.88. The largest absolute Gasteiger partial charge is 0.481 e. The van der Waals surface area contributed by atoms with E-state index >= 15 is 0 Å². The number of carbonyl (C=O) groups is 2. The van der Waals surface area contributed by atoms with Gasteiger partial charge < -0.3 is 15.2 Å². The predicted octanol–water partition coefficient (Wildman–Crippen LogP) is 1.67. The Bertz CT molecular complexity index is 274. The number of carboxylic acid groups (broad SMARTS) is 1. The lowest BCUT2D eigenvalue weighted by molar-refractivity contribution is -0.149. The van der Waals surface area contributed by atoms with Gasteiger partial charge in [0.15, 0.2) is 0 Å². The van der Waals surface area contributed by atoms with E-state index in [1.165, 1.54) is 0 Å². The molecule has 0 spiro atoms. The monoisotopic (exact) mass is 259 g/mol. The van der Waals surface area contributed by atoms with Crippen LogP contribution in [0.5, 0.6) is 0 Å². The van der Waals surface area contributed by atoms with Crippen LogP contribution < -0.4 is 5.32 Å². The summed E-state index contributed by atoms with van der Waals surface area (Å²) in [5.74, 6) is -0.831. The van der Waals surface area contributed by atoms with E-state index in [9.17, 15) is 14.7 Å². The van der Waals surface area contributed by atoms with Crippen molar-refractivity contribution in [2.75, 3.05) is 20.3 Å². The zero-order valence-electron chi connectivity index (χ0n) is 11.8. The number of methoxy groups -OCH3 is 1. The van der Waals surface area contributed by atoms with E-state index in [2.05, 4.69) is 5.32 Å². The lowest BCUT2D eigenvalue weighted by Crippen LogP contribution is -2.42. The molecule has 5 heteroatoms. The molecule has 0 fully saturated rings. The number of amides is 1. The van der Waals surface area contributed by atoms with E-state index in [1.807, 2.05) is 20.8 Å². The first-order valence-corrected chi connectivity index (χ1v) is 6.40. The Kier molecular flexibility index (Phi) is 7.59. The molecule has 0 aliphatic rings. The van der Waals surface area contributed by atoms with Crippen LogP contribution in [0.4, 0.5) is 0 Å². The topological polar surface area (TPSA) is 75.6 Å². The Morgan fingerprint density at radius 3 is 2.28 bits per heavy atom. The minimum Gasteiger partial charge on any atom is -0.481 e. The van der Waals surface area contributed by atoms with Crippen LogP contribution in [0, 0.1) is 11.3 Å². The van der Waals surface area contributed by atoms with Gasteiger partial charge in [0.25, 0.3) is 0 Å². The Hall–Kier alpha value is -1.10. The molecule has 0 saturated carbocycles. The summed E-state index contributed by atoms with van der Waals surface area (Å²) in [6, 6.07) is 0. The Balaban J connectivity index is 4.28. The number of ether oxygens (including phenoxy) is 1. The van der Waals surface area contributed by atoms with Gasteiger partial charge in [-0.1, -0.05) is 20.8 Å². The van der Waals surface area contributed by atoms with Crippen molar-refractivity contribution in [1.29, 1.82) is 0 Å². The molecule has 0 aromatic rings. The summed E-state index contributed by atoms with van der Waals surface area (Å²) in [4.78, 5) is 22.9. The maximum absolute atomic E-state index is 11.7. The van der Waals surface area contributed by atoms with Gasteiger partial charge in [-0.3, -0.25) is 9.59 Å². The van der Waals surface area contributed by atoms with E-state index in [0.29, 0.717) is 25.9 Å². The van der Waals surface area contributed by atoms with Crippen molar-refractivity contribution < 1.29 is 19.4 Å². The van der Waals surface area contributed by atoms with Crippen LogP contribution in [0.25, 0.3) is 0 Å². The first kappa shape index (κ1) is 16.9. The fourth-order valence-corrected chi connectivity index (χ4v) is 1.88. The van der Waals surface area contributed by atoms with Gasteiger partial charge in [0.05, 0.1) is 5.41 Å². The van der Waals surface area contributed by atoms with Crippen molar-refractivity contribution in [2.45, 2.75) is 40.0 Å². The third-order valence-corrected chi connectivity index (χ3v) is 3.42. The molecule has 106 valence electrons. The standard InChI is InChI=1S/C13H25NO4/c1-5-13(6-2,12(16)17)9-14-11(15)7-10(3)8-18-4/h10H,5-9H2,1-4H3,(H,14,15)(H,16,17). The molecule has 1 atom stereocenters. The fraction of sp³-hybridized carbons (Fsp3) is 0.846. The van der Waals surface area contributed by atoms with Crippen LogP contribution in [0.15, 0.2) is 0 Å². The first-order chi connectivity index (χ1) is 8.41. The van der Waals surface area contributed by atoms with Gasteiger partial charge >= 0.3 is 5.97 Å². The van der Waals surface area contributed by atoms with E-state index in [0.717, 1.165) is 0 Å². The third kappa shape index (κ3) is 5.04. The van der Waals surface area contributed by atoms with E-state index in [1.54, 1.807) is 7.11 Å². The molecule has 0 heterocycles. The minimum atomic E-state index is -0.849. The van der Waals surface area contributed by atoms with Gasteiger partial charge in [-0.2, -0.15) is 0 Å². The highest BCUT2D eigenvalue weighted by Crippen LogP contribution is 2.25. The summed E-state index contributed by atoms with van der Waals surface area (Å²) in [6.45, 7) is 6.30. The minimum absolute atomic E-state index is 0.118. The highest BCUT2D eigenvalue weighted by molar-refractivity contribution is 5.79. The van der Waals surface area contributed by atoms with Crippen LogP contribution >= 0.6 is 0 Å². The summed E-state index contributed by atoms with van der Waals surface area (Å²) >= 11 is 0. The summed E-state index contributed by atoms with van der Waals surface area (Å²) in [6.07, 6.45) is 1.37. The lowest BCUT2D eigenvalue weighted by Gasteiger charge is -2.27. The average molecular weight is 259 g/mol. The van der Waals surface area contributed by atoms with Crippen molar-refractivity contribution >= 4 is 11.9 Å². The Morgan fingerprint density at radius 1 is 1.33 bits per heavy atom. The number of hydrogen-bond acceptors (Lipinski definition) is 3. The molecule has 0 aromatic carbocycles. The smallest absolute Gasteiger partial charge is 0.311 e. The van der Waals surface area contributed by atoms with E-state index in [-0.39, 0.29) is 18.4 Å². The molecule has 0 aliphatic carbocycles. The van der Waals surface area contributed by atoms with Crippen molar-refractivity contribution in [3.8, 4) is 0 Å². The quantitative estimate of drug-likeness (QED) is 0.660. The van der Waals surface area contributed by atoms with Gasteiger partial charge in [-0.15, -0.1) is 0 Å². The lowest BCUT2D eigenvalue weighted by atomic mass is 9.82. The predicted molar refractivity (Wildman–Crippen MR) is 69.3 cm³/mol. The Morgan fingerprint density at radius 2 is 1.89 bits per heavy atom. The summed E-state index contributed by atoms with van der Waals surface area (Å²) in [5, 5.41) is 12.0. The van der Waals surface area contributed by atoms with Crippen LogP contribution in [0.3, 0.4) is 0 Å². The normalized spacial score (nSPS) is 13.1. The highest BCUT2D eigenvalue weighted by Gasteiger charge is 2.35. The zero-order valence-corrected chi connectivity index (χ0v) is 11.8. The third-order valence-electron chi connectivity index (χ3n) is 3.42. The number of aliphatic carboxylic acids is 1. The molecule has 0 aliphatic heterocycles. The molecule has 1 amide bonds. The molecule has 0 rings (SSSR count). The number of hydrogen-bond donors (Lipinski definition) is 2. The second-order valence-corrected chi connectivity index (χ2v) is 4.83. The number of carboxylic acids is 1. The van der Waals surface area contributed by atoms with Gasteiger partial charge in [-0.25, -0.2) is 0 Å². The summed E-state index contributed by atoms with van der Waals surface area (Å²) < 4.78 is 4.96. The SMILES string of the molecule is CCC(CC)(CNC(=O)CC(C)COC)C(=O)O. The molecule has 18 heavy (non-hydrogen) atoms. The number of rotatable bonds is 9. The molecule has 0 saturated heterocycles. The maximum Gasteiger partial charge on any atom is 0.311 e.